The van der Waals surface area contributed by atoms with Gasteiger partial charge in [-0.15, -0.1) is 0 Å². The first-order valence-electron chi connectivity index (χ1n) is 21.2. The number of ether oxygens (including phenoxy) is 1. The van der Waals surface area contributed by atoms with Gasteiger partial charge in [-0.1, -0.05) is 184 Å². The Morgan fingerprint density at radius 2 is 1.10 bits per heavy atom. The highest BCUT2D eigenvalue weighted by molar-refractivity contribution is 5.77. The number of unbranched alkanes of at least 4 members (excludes halogenated alkanes) is 16. The average molecular weight is 726 g/mol. The van der Waals surface area contributed by atoms with Gasteiger partial charge in [-0.2, -0.15) is 0 Å². The molecular weight excluding hydrogens is 647 g/mol. The SMILES string of the molecule is CC/C=C/C=C/C=C\C=C/C=C/CCCC(CC(=O)NC(CO)C(O)CCCCCCCCCCC)OC(=O)CCCCCCC/C=C\CCCC. The van der Waals surface area contributed by atoms with Crippen molar-refractivity contribution in [3.05, 3.63) is 72.9 Å². The van der Waals surface area contributed by atoms with E-state index in [1.165, 1.54) is 70.6 Å². The number of carbonyl (C=O) groups excluding carboxylic acids is 2. The molecule has 0 fully saturated rings. The minimum Gasteiger partial charge on any atom is -0.462 e. The molecule has 3 unspecified atom stereocenters. The summed E-state index contributed by atoms with van der Waals surface area (Å²) in [7, 11) is 0. The molecule has 0 rings (SSSR count). The fourth-order valence-corrected chi connectivity index (χ4v) is 5.91. The van der Waals surface area contributed by atoms with Crippen LogP contribution >= 0.6 is 0 Å². The molecule has 0 radical (unpaired) electrons. The van der Waals surface area contributed by atoms with Gasteiger partial charge in [0, 0.05) is 6.42 Å². The first-order chi connectivity index (χ1) is 25.5. The van der Waals surface area contributed by atoms with E-state index in [4.69, 9.17) is 4.74 Å². The van der Waals surface area contributed by atoms with Crippen LogP contribution in [-0.2, 0) is 14.3 Å². The molecule has 0 bridgehead atoms. The number of aliphatic hydroxyl groups is 2. The van der Waals surface area contributed by atoms with E-state index in [0.29, 0.717) is 19.3 Å². The quantitative estimate of drug-likeness (QED) is 0.0259. The number of nitrogens with one attached hydrogen (secondary N) is 1. The fourth-order valence-electron chi connectivity index (χ4n) is 5.91. The number of hydrogen-bond donors (Lipinski definition) is 3. The summed E-state index contributed by atoms with van der Waals surface area (Å²) in [5.41, 5.74) is 0. The number of hydrogen-bond acceptors (Lipinski definition) is 5. The van der Waals surface area contributed by atoms with Gasteiger partial charge in [-0.3, -0.25) is 9.59 Å². The van der Waals surface area contributed by atoms with Crippen LogP contribution in [0.3, 0.4) is 0 Å². The highest BCUT2D eigenvalue weighted by Crippen LogP contribution is 2.16. The maximum Gasteiger partial charge on any atom is 0.306 e. The maximum atomic E-state index is 13.1. The van der Waals surface area contributed by atoms with Gasteiger partial charge < -0.3 is 20.3 Å². The number of carbonyl (C=O) groups is 2. The summed E-state index contributed by atoms with van der Waals surface area (Å²) < 4.78 is 5.84. The molecule has 3 N–H and O–H groups in total. The Balaban J connectivity index is 4.80. The highest BCUT2D eigenvalue weighted by Gasteiger charge is 2.23. The van der Waals surface area contributed by atoms with E-state index in [2.05, 4.69) is 50.4 Å². The number of rotatable bonds is 36. The van der Waals surface area contributed by atoms with Crippen molar-refractivity contribution >= 4 is 11.9 Å². The van der Waals surface area contributed by atoms with Gasteiger partial charge in [0.25, 0.3) is 0 Å². The second-order valence-corrected chi connectivity index (χ2v) is 14.1. The minimum atomic E-state index is -0.807. The third-order valence-corrected chi connectivity index (χ3v) is 9.15. The Morgan fingerprint density at radius 1 is 0.577 bits per heavy atom. The van der Waals surface area contributed by atoms with Crippen LogP contribution in [0, 0.1) is 0 Å². The Bertz CT molecular complexity index is 995. The summed E-state index contributed by atoms with van der Waals surface area (Å²) in [4.78, 5) is 25.9. The predicted octanol–water partition coefficient (Wildman–Crippen LogP) is 11.9. The molecule has 6 heteroatoms. The molecule has 0 aliphatic heterocycles. The Morgan fingerprint density at radius 3 is 1.71 bits per heavy atom. The summed E-state index contributed by atoms with van der Waals surface area (Å²) in [6.45, 7) is 6.22. The lowest BCUT2D eigenvalue weighted by molar-refractivity contribution is -0.151. The van der Waals surface area contributed by atoms with E-state index in [1.54, 1.807) is 0 Å². The van der Waals surface area contributed by atoms with Crippen LogP contribution in [-0.4, -0.2) is 46.9 Å². The van der Waals surface area contributed by atoms with Crippen LogP contribution in [0.5, 0.6) is 0 Å². The Labute approximate surface area is 320 Å². The van der Waals surface area contributed by atoms with Crippen molar-refractivity contribution < 1.29 is 24.5 Å². The lowest BCUT2D eigenvalue weighted by atomic mass is 10.0. The van der Waals surface area contributed by atoms with Gasteiger partial charge in [0.05, 0.1) is 25.2 Å². The van der Waals surface area contributed by atoms with Gasteiger partial charge in [0.2, 0.25) is 5.91 Å². The zero-order valence-corrected chi connectivity index (χ0v) is 33.7. The zero-order valence-electron chi connectivity index (χ0n) is 33.7. The summed E-state index contributed by atoms with van der Waals surface area (Å²) in [5, 5.41) is 23.5. The first kappa shape index (κ1) is 49.3. The minimum absolute atomic E-state index is 0.0220. The second kappa shape index (κ2) is 39.5. The smallest absolute Gasteiger partial charge is 0.306 e. The van der Waals surface area contributed by atoms with Crippen molar-refractivity contribution in [1.29, 1.82) is 0 Å². The van der Waals surface area contributed by atoms with Gasteiger partial charge >= 0.3 is 5.97 Å². The molecule has 0 heterocycles. The van der Waals surface area contributed by atoms with E-state index < -0.39 is 18.2 Å². The molecule has 298 valence electrons. The van der Waals surface area contributed by atoms with E-state index in [9.17, 15) is 19.8 Å². The third-order valence-electron chi connectivity index (χ3n) is 9.15. The Kier molecular flexibility index (Phi) is 37.5. The maximum absolute atomic E-state index is 13.1. The lowest BCUT2D eigenvalue weighted by Crippen LogP contribution is -2.46. The van der Waals surface area contributed by atoms with E-state index in [1.807, 2.05) is 48.6 Å². The van der Waals surface area contributed by atoms with Gasteiger partial charge in [-0.05, 0) is 57.8 Å². The summed E-state index contributed by atoms with van der Waals surface area (Å²) in [6.07, 6.45) is 48.2. The molecule has 1 amide bonds. The highest BCUT2D eigenvalue weighted by atomic mass is 16.5. The van der Waals surface area contributed by atoms with Crippen molar-refractivity contribution in [3.63, 3.8) is 0 Å². The molecule has 0 aromatic rings. The second-order valence-electron chi connectivity index (χ2n) is 14.1. The predicted molar refractivity (Wildman–Crippen MR) is 222 cm³/mol. The van der Waals surface area contributed by atoms with Crippen molar-refractivity contribution in [2.45, 2.75) is 200 Å². The van der Waals surface area contributed by atoms with Gasteiger partial charge in [-0.25, -0.2) is 0 Å². The number of aliphatic hydroxyl groups excluding tert-OH is 2. The standard InChI is InChI=1S/C46H79NO5/c1-4-7-10-13-16-19-21-22-24-26-28-31-34-37-42(52-46(51)39-36-33-30-27-23-20-17-14-11-8-5-2)40-45(50)47-43(41-48)44(49)38-35-32-29-25-18-15-12-9-6-3/h7,10,13-14,16-17,19,21-22,24,26,28,42-44,48-49H,4-6,8-9,11-12,15,18,20,23,25,27,29-41H2,1-3H3,(H,47,50)/b10-7+,16-13+,17-14-,21-19-,24-22-,28-26+. The fraction of sp³-hybridized carbons (Fsp3) is 0.696. The van der Waals surface area contributed by atoms with Gasteiger partial charge in [0.15, 0.2) is 0 Å². The number of allylic oxidation sites excluding steroid dienone is 12. The van der Waals surface area contributed by atoms with Crippen LogP contribution in [0.4, 0.5) is 0 Å². The zero-order chi connectivity index (χ0) is 38.2. The Hall–Kier alpha value is -2.70. The van der Waals surface area contributed by atoms with Crippen LogP contribution < -0.4 is 5.32 Å². The van der Waals surface area contributed by atoms with E-state index in [-0.39, 0.29) is 24.9 Å². The molecule has 0 aliphatic rings. The third kappa shape index (κ3) is 34.4. The van der Waals surface area contributed by atoms with Crippen molar-refractivity contribution in [2.24, 2.45) is 0 Å². The molecule has 6 nitrogen and oxygen atoms in total. The van der Waals surface area contributed by atoms with Crippen LogP contribution in [0.2, 0.25) is 0 Å². The van der Waals surface area contributed by atoms with Crippen LogP contribution in [0.1, 0.15) is 181 Å². The topological polar surface area (TPSA) is 95.9 Å². The monoisotopic (exact) mass is 726 g/mol. The molecule has 0 aromatic heterocycles. The largest absolute Gasteiger partial charge is 0.462 e. The van der Waals surface area contributed by atoms with E-state index >= 15 is 0 Å². The van der Waals surface area contributed by atoms with Crippen LogP contribution in [0.25, 0.3) is 0 Å². The molecule has 0 saturated carbocycles. The van der Waals surface area contributed by atoms with Crippen molar-refractivity contribution in [1.82, 2.24) is 5.32 Å². The normalized spacial score (nSPS) is 14.2. The lowest BCUT2D eigenvalue weighted by Gasteiger charge is -2.24. The molecule has 0 aromatic carbocycles. The summed E-state index contributed by atoms with van der Waals surface area (Å²) >= 11 is 0. The van der Waals surface area contributed by atoms with Crippen LogP contribution in [0.15, 0.2) is 72.9 Å². The summed E-state index contributed by atoms with van der Waals surface area (Å²) in [6, 6.07) is -0.725. The summed E-state index contributed by atoms with van der Waals surface area (Å²) in [5.74, 6) is -0.568. The first-order valence-corrected chi connectivity index (χ1v) is 21.2. The molecular formula is C46H79NO5. The van der Waals surface area contributed by atoms with Crippen molar-refractivity contribution in [3.8, 4) is 0 Å². The molecule has 0 aliphatic carbocycles. The molecule has 0 saturated heterocycles. The van der Waals surface area contributed by atoms with Gasteiger partial charge in [0.1, 0.15) is 6.10 Å². The molecule has 0 spiro atoms. The number of esters is 1. The van der Waals surface area contributed by atoms with Crippen molar-refractivity contribution in [2.75, 3.05) is 6.61 Å². The van der Waals surface area contributed by atoms with E-state index in [0.717, 1.165) is 64.2 Å². The average Bonchev–Trinajstić information content (AvgIpc) is 3.13. The molecule has 52 heavy (non-hydrogen) atoms. The number of amides is 1. The molecule has 3 atom stereocenters.